The van der Waals surface area contributed by atoms with E-state index in [1.54, 1.807) is 45.1 Å². The molecule has 14 heavy (non-hydrogen) atoms. The van der Waals surface area contributed by atoms with Crippen molar-refractivity contribution in [1.82, 2.24) is 0 Å². The van der Waals surface area contributed by atoms with E-state index in [1.807, 2.05) is 0 Å². The van der Waals surface area contributed by atoms with Crippen molar-refractivity contribution in [3.05, 3.63) is 12.2 Å². The van der Waals surface area contributed by atoms with E-state index < -0.39 is 0 Å². The molecule has 0 aromatic rings. The lowest BCUT2D eigenvalue weighted by molar-refractivity contribution is -0.134. The number of rotatable bonds is 1. The Morgan fingerprint density at radius 3 is 1.86 bits per heavy atom. The Morgan fingerprint density at radius 2 is 1.71 bits per heavy atom. The first-order valence-corrected chi connectivity index (χ1v) is 5.47. The molecule has 0 unspecified atom stereocenters. The first-order valence-electron chi connectivity index (χ1n) is 5.47. The molecule has 0 aromatic heterocycles. The Morgan fingerprint density at radius 1 is 1.21 bits per heavy atom. The molecule has 0 amide bonds. The molecule has 80 valence electrons. The van der Waals surface area contributed by atoms with Gasteiger partial charge in [0, 0.05) is 6.08 Å². The molecule has 2 nitrogen and oxygen atoms in total. The largest absolute Gasteiger partial charge is 0.466 e. The fourth-order valence-corrected chi connectivity index (χ4v) is 2.38. The van der Waals surface area contributed by atoms with Crippen LogP contribution in [-0.2, 0) is 9.53 Å². The summed E-state index contributed by atoms with van der Waals surface area (Å²) in [6.07, 6.45) is 10.8. The van der Waals surface area contributed by atoms with Gasteiger partial charge in [-0.15, -0.1) is 0 Å². The second kappa shape index (κ2) is 5.84. The van der Waals surface area contributed by atoms with Crippen molar-refractivity contribution < 1.29 is 9.53 Å². The van der Waals surface area contributed by atoms with E-state index >= 15 is 0 Å². The lowest BCUT2D eigenvalue weighted by atomic mass is 10.0. The molecule has 0 aromatic carbocycles. The van der Waals surface area contributed by atoms with Gasteiger partial charge in [0.15, 0.2) is 0 Å². The van der Waals surface area contributed by atoms with E-state index in [0.29, 0.717) is 0 Å². The van der Waals surface area contributed by atoms with Crippen LogP contribution in [0.25, 0.3) is 0 Å². The second-order valence-electron chi connectivity index (χ2n) is 4.15. The van der Waals surface area contributed by atoms with Crippen LogP contribution in [0, 0.1) is 11.8 Å². The van der Waals surface area contributed by atoms with E-state index in [-0.39, 0.29) is 5.97 Å². The molecule has 0 N–H and O–H groups in total. The zero-order chi connectivity index (χ0) is 10.4. The highest BCUT2D eigenvalue weighted by atomic mass is 16.5. The third-order valence-corrected chi connectivity index (χ3v) is 3.14. The van der Waals surface area contributed by atoms with Gasteiger partial charge in [-0.3, -0.25) is 0 Å². The number of carbonyl (C=O) groups excluding carboxylic acids is 1. The van der Waals surface area contributed by atoms with Crippen molar-refractivity contribution in [3.8, 4) is 0 Å². The van der Waals surface area contributed by atoms with Crippen LogP contribution < -0.4 is 0 Å². The number of hydrogen-bond donors (Lipinski definition) is 0. The Kier molecular flexibility index (Phi) is 4.71. The molecule has 2 bridgehead atoms. The van der Waals surface area contributed by atoms with Crippen LogP contribution in [0.15, 0.2) is 12.2 Å². The van der Waals surface area contributed by atoms with Gasteiger partial charge < -0.3 is 4.74 Å². The first kappa shape index (κ1) is 11.3. The smallest absolute Gasteiger partial charge is 0.330 e. The summed E-state index contributed by atoms with van der Waals surface area (Å²) in [5, 5.41) is 0. The summed E-state index contributed by atoms with van der Waals surface area (Å²) in [6, 6.07) is 0. The zero-order valence-electron chi connectivity index (χ0n) is 9.16. The number of methoxy groups -OCH3 is 1. The summed E-state index contributed by atoms with van der Waals surface area (Å²) in [5.41, 5.74) is 0. The molecule has 2 rings (SSSR count). The summed E-state index contributed by atoms with van der Waals surface area (Å²) >= 11 is 0. The summed E-state index contributed by atoms with van der Waals surface area (Å²) < 4.78 is 4.26. The normalized spacial score (nSPS) is 28.7. The number of hydrogen-bond acceptors (Lipinski definition) is 2. The number of carbonyl (C=O) groups is 1. The molecule has 2 heteroatoms. The van der Waals surface area contributed by atoms with Crippen LogP contribution in [0.1, 0.15) is 39.0 Å². The third kappa shape index (κ3) is 3.52. The van der Waals surface area contributed by atoms with Gasteiger partial charge >= 0.3 is 5.97 Å². The van der Waals surface area contributed by atoms with E-state index in [2.05, 4.69) is 4.74 Å². The predicted octanol–water partition coefficient (Wildman–Crippen LogP) is 2.93. The molecule has 0 saturated heterocycles. The number of allylic oxidation sites excluding steroid dienone is 1. The lowest BCUT2D eigenvalue weighted by Gasteiger charge is -2.05. The zero-order valence-corrected chi connectivity index (χ0v) is 9.16. The molecule has 0 aliphatic heterocycles. The van der Waals surface area contributed by atoms with Gasteiger partial charge in [0.1, 0.15) is 0 Å². The fourth-order valence-electron chi connectivity index (χ4n) is 2.38. The molecule has 0 radical (unpaired) electrons. The molecule has 2 saturated carbocycles. The van der Waals surface area contributed by atoms with Crippen molar-refractivity contribution in [3.63, 3.8) is 0 Å². The topological polar surface area (TPSA) is 26.3 Å². The Labute approximate surface area is 86.3 Å². The number of esters is 1. The molecule has 0 heterocycles. The summed E-state index contributed by atoms with van der Waals surface area (Å²) in [6.45, 7) is 1.76. The first-order chi connectivity index (χ1) is 6.76. The number of ether oxygens (including phenoxy) is 1. The Hall–Kier alpha value is -0.790. The maximum absolute atomic E-state index is 10.1. The maximum atomic E-state index is 10.1. The molecule has 0 atom stereocenters. The van der Waals surface area contributed by atoms with Gasteiger partial charge in [-0.05, 0) is 25.2 Å². The highest BCUT2D eigenvalue weighted by Crippen LogP contribution is 2.43. The second-order valence-corrected chi connectivity index (χ2v) is 4.15. The predicted molar refractivity (Wildman–Crippen MR) is 56.9 cm³/mol. The SMILES string of the molecule is C/C=C/C(=O)OC.C1CC2CCC1C2. The van der Waals surface area contributed by atoms with Crippen molar-refractivity contribution in [2.75, 3.05) is 7.11 Å². The van der Waals surface area contributed by atoms with Crippen LogP contribution in [0.2, 0.25) is 0 Å². The summed E-state index contributed by atoms with van der Waals surface area (Å²) in [4.78, 5) is 10.1. The monoisotopic (exact) mass is 196 g/mol. The van der Waals surface area contributed by atoms with Crippen LogP contribution in [0.3, 0.4) is 0 Å². The van der Waals surface area contributed by atoms with Gasteiger partial charge in [0.05, 0.1) is 7.11 Å². The van der Waals surface area contributed by atoms with Crippen molar-refractivity contribution >= 4 is 5.97 Å². The third-order valence-electron chi connectivity index (χ3n) is 3.14. The van der Waals surface area contributed by atoms with Gasteiger partial charge in [0.2, 0.25) is 0 Å². The van der Waals surface area contributed by atoms with Crippen LogP contribution >= 0.6 is 0 Å². The number of fused-ring (bicyclic) bond motifs is 2. The Bertz CT molecular complexity index is 190. The molecular formula is C12H20O2. The van der Waals surface area contributed by atoms with Crippen molar-refractivity contribution in [2.24, 2.45) is 11.8 Å². The van der Waals surface area contributed by atoms with Crippen LogP contribution in [0.4, 0.5) is 0 Å². The van der Waals surface area contributed by atoms with E-state index in [1.165, 1.54) is 25.0 Å². The minimum atomic E-state index is -0.303. The van der Waals surface area contributed by atoms with Crippen molar-refractivity contribution in [2.45, 2.75) is 39.0 Å². The molecular weight excluding hydrogens is 176 g/mol. The fraction of sp³-hybridized carbons (Fsp3) is 0.750. The van der Waals surface area contributed by atoms with Gasteiger partial charge in [-0.1, -0.05) is 31.8 Å². The van der Waals surface area contributed by atoms with Crippen LogP contribution in [-0.4, -0.2) is 13.1 Å². The minimum absolute atomic E-state index is 0.303. The minimum Gasteiger partial charge on any atom is -0.466 e. The van der Waals surface area contributed by atoms with Crippen LogP contribution in [0.5, 0.6) is 0 Å². The average molecular weight is 196 g/mol. The molecule has 2 aliphatic rings. The van der Waals surface area contributed by atoms with Gasteiger partial charge in [-0.2, -0.15) is 0 Å². The van der Waals surface area contributed by atoms with E-state index in [0.717, 1.165) is 0 Å². The van der Waals surface area contributed by atoms with E-state index in [9.17, 15) is 4.79 Å². The quantitative estimate of drug-likeness (QED) is 0.476. The highest BCUT2D eigenvalue weighted by molar-refractivity contribution is 5.81. The van der Waals surface area contributed by atoms with Crippen molar-refractivity contribution in [1.29, 1.82) is 0 Å². The molecule has 2 aliphatic carbocycles. The average Bonchev–Trinajstić information content (AvgIpc) is 2.82. The highest BCUT2D eigenvalue weighted by Gasteiger charge is 2.30. The van der Waals surface area contributed by atoms with E-state index in [4.69, 9.17) is 0 Å². The standard InChI is InChI=1S/C7H12.C5H8O2/c1-2-7-4-3-6(1)5-7;1-3-4-5(6)7-2/h6-7H,1-5H2;3-4H,1-2H3/b;4-3+. The molecule has 2 fully saturated rings. The maximum Gasteiger partial charge on any atom is 0.330 e. The van der Waals surface area contributed by atoms with Gasteiger partial charge in [0.25, 0.3) is 0 Å². The van der Waals surface area contributed by atoms with Gasteiger partial charge in [-0.25, -0.2) is 4.79 Å². The Balaban J connectivity index is 0.000000140. The summed E-state index contributed by atoms with van der Waals surface area (Å²) in [5.74, 6) is 2.04. The summed E-state index contributed by atoms with van der Waals surface area (Å²) in [7, 11) is 1.35. The molecule has 0 spiro atoms. The lowest BCUT2D eigenvalue weighted by Crippen LogP contribution is -1.92.